The molecule has 1 unspecified atom stereocenters. The number of rotatable bonds is 4. The molecule has 0 spiro atoms. The van der Waals surface area contributed by atoms with Crippen LogP contribution >= 0.6 is 0 Å². The lowest BCUT2D eigenvalue weighted by Crippen LogP contribution is -2.32. The molecular formula is C19H17F2NO4S. The molecule has 0 amide bonds. The zero-order valence-corrected chi connectivity index (χ0v) is 15.4. The number of sulfonamides is 1. The Morgan fingerprint density at radius 3 is 2.15 bits per heavy atom. The zero-order chi connectivity index (χ0) is 20.0. The standard InChI is InChI=1S/C19H17F2NO4S/c1-3-19(2)18(23)16(12-6-9-14(20)15(21)10-12)17(26-19)11-4-7-13(8-5-11)27(22,24)25/h4-10H,3H2,1-2H3,(H2,22,24,25). The van der Waals surface area contributed by atoms with Gasteiger partial charge in [0.2, 0.25) is 15.8 Å². The van der Waals surface area contributed by atoms with E-state index in [2.05, 4.69) is 0 Å². The monoisotopic (exact) mass is 393 g/mol. The Hall–Kier alpha value is -2.58. The molecule has 0 aliphatic carbocycles. The molecule has 8 heteroatoms. The highest BCUT2D eigenvalue weighted by molar-refractivity contribution is 7.89. The Morgan fingerprint density at radius 2 is 1.63 bits per heavy atom. The highest BCUT2D eigenvalue weighted by Gasteiger charge is 2.45. The third kappa shape index (κ3) is 3.38. The van der Waals surface area contributed by atoms with Gasteiger partial charge >= 0.3 is 0 Å². The van der Waals surface area contributed by atoms with Crippen LogP contribution < -0.4 is 5.14 Å². The van der Waals surface area contributed by atoms with Crippen molar-refractivity contribution in [1.82, 2.24) is 0 Å². The van der Waals surface area contributed by atoms with Crippen LogP contribution in [0.4, 0.5) is 8.78 Å². The summed E-state index contributed by atoms with van der Waals surface area (Å²) in [4.78, 5) is 12.9. The van der Waals surface area contributed by atoms with Crippen LogP contribution in [0.5, 0.6) is 0 Å². The van der Waals surface area contributed by atoms with Gasteiger partial charge in [-0.05, 0) is 55.3 Å². The molecule has 1 aliphatic rings. The van der Waals surface area contributed by atoms with Crippen molar-refractivity contribution >= 4 is 27.1 Å². The first-order chi connectivity index (χ1) is 12.6. The number of Topliss-reactive ketones (excluding diaryl/α,β-unsaturated/α-hetero) is 1. The summed E-state index contributed by atoms with van der Waals surface area (Å²) in [5, 5.41) is 5.09. The van der Waals surface area contributed by atoms with E-state index < -0.39 is 27.3 Å². The van der Waals surface area contributed by atoms with Gasteiger partial charge in [0.1, 0.15) is 5.76 Å². The van der Waals surface area contributed by atoms with Crippen LogP contribution in [0.2, 0.25) is 0 Å². The third-order valence-corrected chi connectivity index (χ3v) is 5.52. The van der Waals surface area contributed by atoms with Crippen molar-refractivity contribution in [3.05, 3.63) is 65.2 Å². The van der Waals surface area contributed by atoms with Gasteiger partial charge in [-0.3, -0.25) is 4.79 Å². The fourth-order valence-electron chi connectivity index (χ4n) is 2.84. The minimum Gasteiger partial charge on any atom is -0.478 e. The summed E-state index contributed by atoms with van der Waals surface area (Å²) >= 11 is 0. The van der Waals surface area contributed by atoms with Crippen LogP contribution in [0.25, 0.3) is 11.3 Å². The zero-order valence-electron chi connectivity index (χ0n) is 14.6. The van der Waals surface area contributed by atoms with Crippen molar-refractivity contribution in [3.63, 3.8) is 0 Å². The lowest BCUT2D eigenvalue weighted by Gasteiger charge is -2.21. The Balaban J connectivity index is 2.19. The number of hydrogen-bond donors (Lipinski definition) is 1. The van der Waals surface area contributed by atoms with Crippen molar-refractivity contribution in [2.24, 2.45) is 5.14 Å². The predicted molar refractivity (Wildman–Crippen MR) is 95.8 cm³/mol. The maximum absolute atomic E-state index is 13.7. The molecule has 1 heterocycles. The third-order valence-electron chi connectivity index (χ3n) is 4.59. The molecule has 5 nitrogen and oxygen atoms in total. The van der Waals surface area contributed by atoms with Crippen molar-refractivity contribution < 1.29 is 26.7 Å². The normalized spacial score (nSPS) is 20.1. The number of nitrogens with two attached hydrogens (primary N) is 1. The van der Waals surface area contributed by atoms with Crippen molar-refractivity contribution in [1.29, 1.82) is 0 Å². The summed E-state index contributed by atoms with van der Waals surface area (Å²) in [6.45, 7) is 3.38. The SMILES string of the molecule is CCC1(C)OC(c2ccc(S(N)(=O)=O)cc2)=C(c2ccc(F)c(F)c2)C1=O. The second-order valence-corrected chi connectivity index (χ2v) is 7.98. The van der Waals surface area contributed by atoms with Gasteiger partial charge in [-0.25, -0.2) is 22.3 Å². The maximum Gasteiger partial charge on any atom is 0.238 e. The van der Waals surface area contributed by atoms with Crippen molar-refractivity contribution in [3.8, 4) is 0 Å². The quantitative estimate of drug-likeness (QED) is 0.864. The van der Waals surface area contributed by atoms with Gasteiger partial charge in [-0.2, -0.15) is 0 Å². The predicted octanol–water partition coefficient (Wildman–Crippen LogP) is 3.25. The Bertz CT molecular complexity index is 1060. The first kappa shape index (κ1) is 19.2. The minimum absolute atomic E-state index is 0.0937. The molecule has 142 valence electrons. The maximum atomic E-state index is 13.7. The minimum atomic E-state index is -3.87. The van der Waals surface area contributed by atoms with E-state index in [0.29, 0.717) is 12.0 Å². The van der Waals surface area contributed by atoms with E-state index >= 15 is 0 Å². The molecule has 1 aliphatic heterocycles. The summed E-state index contributed by atoms with van der Waals surface area (Å²) in [7, 11) is -3.87. The Labute approximate surface area is 155 Å². The highest BCUT2D eigenvalue weighted by atomic mass is 32.2. The van der Waals surface area contributed by atoms with Crippen LogP contribution in [-0.4, -0.2) is 19.8 Å². The second kappa shape index (κ2) is 6.54. The van der Waals surface area contributed by atoms with E-state index in [1.807, 2.05) is 0 Å². The topological polar surface area (TPSA) is 86.5 Å². The van der Waals surface area contributed by atoms with Crippen LogP contribution in [0, 0.1) is 11.6 Å². The van der Waals surface area contributed by atoms with Gasteiger partial charge in [-0.1, -0.05) is 13.0 Å². The fourth-order valence-corrected chi connectivity index (χ4v) is 3.35. The summed E-state index contributed by atoms with van der Waals surface area (Å²) < 4.78 is 55.8. The van der Waals surface area contributed by atoms with E-state index in [-0.39, 0.29) is 27.6 Å². The van der Waals surface area contributed by atoms with Crippen LogP contribution in [0.15, 0.2) is 47.4 Å². The molecule has 27 heavy (non-hydrogen) atoms. The van der Waals surface area contributed by atoms with Gasteiger partial charge in [0.15, 0.2) is 17.2 Å². The van der Waals surface area contributed by atoms with E-state index in [9.17, 15) is 22.0 Å². The van der Waals surface area contributed by atoms with Crippen LogP contribution in [-0.2, 0) is 19.6 Å². The summed E-state index contributed by atoms with van der Waals surface area (Å²) in [5.41, 5.74) is -0.440. The lowest BCUT2D eigenvalue weighted by atomic mass is 9.90. The molecule has 2 aromatic rings. The molecule has 2 aromatic carbocycles. The van der Waals surface area contributed by atoms with E-state index in [1.165, 1.54) is 30.3 Å². The highest BCUT2D eigenvalue weighted by Crippen LogP contribution is 2.43. The Kier molecular flexibility index (Phi) is 4.65. The van der Waals surface area contributed by atoms with Gasteiger partial charge in [0.25, 0.3) is 0 Å². The first-order valence-corrected chi connectivity index (χ1v) is 9.68. The Morgan fingerprint density at radius 1 is 1.04 bits per heavy atom. The summed E-state index contributed by atoms with van der Waals surface area (Å²) in [6, 6.07) is 8.65. The number of halogens is 2. The number of carbonyl (C=O) groups excluding carboxylic acids is 1. The summed E-state index contributed by atoms with van der Waals surface area (Å²) in [6.07, 6.45) is 0.359. The lowest BCUT2D eigenvalue weighted by molar-refractivity contribution is -0.126. The molecule has 0 fully saturated rings. The second-order valence-electron chi connectivity index (χ2n) is 6.42. The molecule has 0 saturated carbocycles. The number of carbonyl (C=O) groups is 1. The number of benzene rings is 2. The van der Waals surface area contributed by atoms with Crippen molar-refractivity contribution in [2.45, 2.75) is 30.8 Å². The smallest absolute Gasteiger partial charge is 0.238 e. The molecule has 3 rings (SSSR count). The number of ether oxygens (including phenoxy) is 1. The largest absolute Gasteiger partial charge is 0.478 e. The van der Waals surface area contributed by atoms with Gasteiger partial charge < -0.3 is 4.74 Å². The molecule has 2 N–H and O–H groups in total. The molecular weight excluding hydrogens is 376 g/mol. The van der Waals surface area contributed by atoms with Crippen LogP contribution in [0.3, 0.4) is 0 Å². The average molecular weight is 393 g/mol. The molecule has 0 aromatic heterocycles. The van der Waals surface area contributed by atoms with Crippen molar-refractivity contribution in [2.75, 3.05) is 0 Å². The average Bonchev–Trinajstić information content (AvgIpc) is 2.89. The van der Waals surface area contributed by atoms with E-state index in [4.69, 9.17) is 9.88 Å². The van der Waals surface area contributed by atoms with Gasteiger partial charge in [-0.15, -0.1) is 0 Å². The summed E-state index contributed by atoms with van der Waals surface area (Å²) in [5.74, 6) is -2.29. The number of hydrogen-bond acceptors (Lipinski definition) is 4. The number of ketones is 1. The molecule has 0 radical (unpaired) electrons. The van der Waals surface area contributed by atoms with E-state index in [0.717, 1.165) is 12.1 Å². The molecule has 0 bridgehead atoms. The first-order valence-electron chi connectivity index (χ1n) is 8.13. The van der Waals surface area contributed by atoms with E-state index in [1.54, 1.807) is 13.8 Å². The van der Waals surface area contributed by atoms with Gasteiger partial charge in [0, 0.05) is 5.56 Å². The fraction of sp³-hybridized carbons (Fsp3) is 0.211. The molecule has 0 saturated heterocycles. The van der Waals surface area contributed by atoms with Crippen LogP contribution in [0.1, 0.15) is 31.4 Å². The van der Waals surface area contributed by atoms with Gasteiger partial charge in [0.05, 0.1) is 10.5 Å². The number of primary sulfonamides is 1. The molecule has 1 atom stereocenters.